The Morgan fingerprint density at radius 1 is 1.12 bits per heavy atom. The lowest BCUT2D eigenvalue weighted by molar-refractivity contribution is -0.0435. The minimum absolute atomic E-state index is 0.0706. The number of ether oxygens (including phenoxy) is 1. The van der Waals surface area contributed by atoms with Crippen LogP contribution < -0.4 is 0 Å². The monoisotopic (exact) mass is 448 g/mol. The van der Waals surface area contributed by atoms with Crippen LogP contribution in [-0.4, -0.2) is 29.6 Å². The number of nitrogens with zero attached hydrogens (tertiary/aromatic N) is 2. The van der Waals surface area contributed by atoms with Crippen molar-refractivity contribution in [1.29, 1.82) is 0 Å². The number of thiophene rings is 1. The third-order valence-electron chi connectivity index (χ3n) is 7.23. The fourth-order valence-electron chi connectivity index (χ4n) is 5.18. The lowest BCUT2D eigenvalue weighted by Crippen LogP contribution is -2.43. The molecule has 3 nitrogen and oxygen atoms in total. The first-order chi connectivity index (χ1) is 15.4. The van der Waals surface area contributed by atoms with E-state index in [1.165, 1.54) is 16.0 Å². The van der Waals surface area contributed by atoms with E-state index in [2.05, 4.69) is 104 Å². The molecule has 0 amide bonds. The first-order valence-electron chi connectivity index (χ1n) is 11.8. The molecule has 0 N–H and O–H groups in total. The molecule has 1 fully saturated rings. The summed E-state index contributed by atoms with van der Waals surface area (Å²) in [5, 5.41) is 2.19. The van der Waals surface area contributed by atoms with Crippen molar-refractivity contribution in [2.45, 2.75) is 58.6 Å². The van der Waals surface area contributed by atoms with E-state index in [-0.39, 0.29) is 17.1 Å². The summed E-state index contributed by atoms with van der Waals surface area (Å²) in [5.74, 6) is 0. The predicted molar refractivity (Wildman–Crippen MR) is 134 cm³/mol. The van der Waals surface area contributed by atoms with Crippen LogP contribution >= 0.6 is 11.3 Å². The van der Waals surface area contributed by atoms with Crippen LogP contribution in [0.3, 0.4) is 0 Å². The largest absolute Gasteiger partial charge is 0.373 e. The second-order valence-corrected chi connectivity index (χ2v) is 10.6. The van der Waals surface area contributed by atoms with Gasteiger partial charge < -0.3 is 4.74 Å². The first-order valence-corrected chi connectivity index (χ1v) is 12.7. The molecule has 1 aliphatic rings. The van der Waals surface area contributed by atoms with E-state index >= 15 is 0 Å². The molecular weight excluding hydrogens is 412 g/mol. The summed E-state index contributed by atoms with van der Waals surface area (Å²) in [6.07, 6.45) is 5.53. The molecule has 1 aliphatic heterocycles. The zero-order valence-corrected chi connectivity index (χ0v) is 20.7. The van der Waals surface area contributed by atoms with Gasteiger partial charge in [-0.3, -0.25) is 9.88 Å². The quantitative estimate of drug-likeness (QED) is 0.360. The third-order valence-corrected chi connectivity index (χ3v) is 8.17. The standard InChI is InChI=1S/C28H36N2OS/c1-5-31-26(23-10-7-6-8-11-23)28(16-15-25-12-9-19-32-25)17-18-30(21-28)27(3,4)24-14-13-22(2)29-20-24/h6-14,19-20,26H,5,15-18,21H2,1-4H3/t26-,28+/m0/s1. The highest BCUT2D eigenvalue weighted by Crippen LogP contribution is 2.50. The highest BCUT2D eigenvalue weighted by atomic mass is 32.1. The topological polar surface area (TPSA) is 25.4 Å². The number of likely N-dealkylation sites (tertiary alicyclic amines) is 1. The number of hydrogen-bond acceptors (Lipinski definition) is 4. The van der Waals surface area contributed by atoms with Crippen LogP contribution in [0.15, 0.2) is 66.2 Å². The van der Waals surface area contributed by atoms with Gasteiger partial charge in [0.15, 0.2) is 0 Å². The first kappa shape index (κ1) is 23.2. The summed E-state index contributed by atoms with van der Waals surface area (Å²) in [6.45, 7) is 11.7. The van der Waals surface area contributed by atoms with Gasteiger partial charge in [-0.2, -0.15) is 0 Å². The molecule has 0 aliphatic carbocycles. The van der Waals surface area contributed by atoms with Gasteiger partial charge in [-0.15, -0.1) is 11.3 Å². The minimum Gasteiger partial charge on any atom is -0.373 e. The molecule has 1 saturated heterocycles. The molecule has 170 valence electrons. The van der Waals surface area contributed by atoms with Gasteiger partial charge in [0.05, 0.1) is 6.10 Å². The van der Waals surface area contributed by atoms with Crippen LogP contribution in [-0.2, 0) is 16.7 Å². The van der Waals surface area contributed by atoms with Crippen LogP contribution in [0.1, 0.15) is 61.4 Å². The number of benzene rings is 1. The Balaban J connectivity index is 1.65. The van der Waals surface area contributed by atoms with Crippen molar-refractivity contribution in [3.8, 4) is 0 Å². The second kappa shape index (κ2) is 9.86. The van der Waals surface area contributed by atoms with E-state index in [0.29, 0.717) is 0 Å². The fraction of sp³-hybridized carbons (Fsp3) is 0.464. The third kappa shape index (κ3) is 4.83. The number of hydrogen-bond donors (Lipinski definition) is 0. The summed E-state index contributed by atoms with van der Waals surface area (Å²) in [7, 11) is 0. The lowest BCUT2D eigenvalue weighted by atomic mass is 9.74. The molecule has 0 unspecified atom stereocenters. The van der Waals surface area contributed by atoms with E-state index in [1.807, 2.05) is 11.3 Å². The zero-order valence-electron chi connectivity index (χ0n) is 19.9. The minimum atomic E-state index is -0.0706. The molecular formula is C28H36N2OS. The summed E-state index contributed by atoms with van der Waals surface area (Å²) in [4.78, 5) is 8.71. The average Bonchev–Trinajstić information content (AvgIpc) is 3.48. The van der Waals surface area contributed by atoms with Gasteiger partial charge in [0.25, 0.3) is 0 Å². The molecule has 4 rings (SSSR count). The number of aryl methyl sites for hydroxylation is 2. The van der Waals surface area contributed by atoms with Gasteiger partial charge in [0.1, 0.15) is 0 Å². The van der Waals surface area contributed by atoms with Gasteiger partial charge in [-0.05, 0) is 82.1 Å². The predicted octanol–water partition coefficient (Wildman–Crippen LogP) is 6.79. The van der Waals surface area contributed by atoms with Crippen LogP contribution in [0, 0.1) is 12.3 Å². The number of rotatable bonds is 9. The van der Waals surface area contributed by atoms with E-state index in [0.717, 1.165) is 44.7 Å². The Morgan fingerprint density at radius 3 is 2.59 bits per heavy atom. The number of pyridine rings is 1. The molecule has 1 aromatic carbocycles. The Hall–Kier alpha value is -2.01. The summed E-state index contributed by atoms with van der Waals surface area (Å²) in [6, 6.07) is 19.7. The zero-order chi connectivity index (χ0) is 22.6. The van der Waals surface area contributed by atoms with Crippen LogP contribution in [0.4, 0.5) is 0 Å². The average molecular weight is 449 g/mol. The molecule has 0 saturated carbocycles. The van der Waals surface area contributed by atoms with Gasteiger partial charge >= 0.3 is 0 Å². The molecule has 3 aromatic rings. The van der Waals surface area contributed by atoms with Gasteiger partial charge in [0.2, 0.25) is 0 Å². The van der Waals surface area contributed by atoms with Gasteiger partial charge in [0, 0.05) is 40.9 Å². The van der Waals surface area contributed by atoms with Crippen LogP contribution in [0.2, 0.25) is 0 Å². The van der Waals surface area contributed by atoms with E-state index in [9.17, 15) is 0 Å². The molecule has 0 spiro atoms. The van der Waals surface area contributed by atoms with Crippen molar-refractivity contribution < 1.29 is 4.74 Å². The van der Waals surface area contributed by atoms with Crippen molar-refractivity contribution in [2.24, 2.45) is 5.41 Å². The maximum Gasteiger partial charge on any atom is 0.0893 e. The SMILES string of the molecule is CCO[C@@H](c1ccccc1)[C@]1(CCc2cccs2)CCN(C(C)(C)c2ccc(C)nc2)C1. The smallest absolute Gasteiger partial charge is 0.0893 e. The Bertz CT molecular complexity index is 968. The Kier molecular flexibility index (Phi) is 7.14. The molecule has 2 atom stereocenters. The van der Waals surface area contributed by atoms with Gasteiger partial charge in [-0.1, -0.05) is 42.5 Å². The Labute approximate surface area is 197 Å². The summed E-state index contributed by atoms with van der Waals surface area (Å²) >= 11 is 1.87. The summed E-state index contributed by atoms with van der Waals surface area (Å²) < 4.78 is 6.53. The van der Waals surface area contributed by atoms with Crippen molar-refractivity contribution in [1.82, 2.24) is 9.88 Å². The summed E-state index contributed by atoms with van der Waals surface area (Å²) in [5.41, 5.74) is 3.66. The van der Waals surface area contributed by atoms with E-state index < -0.39 is 0 Å². The molecule has 0 radical (unpaired) electrons. The molecule has 4 heteroatoms. The highest BCUT2D eigenvalue weighted by molar-refractivity contribution is 7.09. The van der Waals surface area contributed by atoms with Crippen molar-refractivity contribution in [3.05, 3.63) is 87.9 Å². The maximum atomic E-state index is 6.53. The number of aromatic nitrogens is 1. The van der Waals surface area contributed by atoms with Crippen LogP contribution in [0.5, 0.6) is 0 Å². The van der Waals surface area contributed by atoms with Crippen molar-refractivity contribution in [3.63, 3.8) is 0 Å². The van der Waals surface area contributed by atoms with E-state index in [1.54, 1.807) is 0 Å². The van der Waals surface area contributed by atoms with Crippen molar-refractivity contribution >= 4 is 11.3 Å². The molecule has 0 bridgehead atoms. The van der Waals surface area contributed by atoms with Crippen LogP contribution in [0.25, 0.3) is 0 Å². The Morgan fingerprint density at radius 2 is 1.94 bits per heavy atom. The van der Waals surface area contributed by atoms with Crippen molar-refractivity contribution in [2.75, 3.05) is 19.7 Å². The molecule has 3 heterocycles. The maximum absolute atomic E-state index is 6.53. The van der Waals surface area contributed by atoms with E-state index in [4.69, 9.17) is 4.74 Å². The lowest BCUT2D eigenvalue weighted by Gasteiger charge is -2.41. The normalized spacial score (nSPS) is 20.5. The molecule has 32 heavy (non-hydrogen) atoms. The second-order valence-electron chi connectivity index (χ2n) is 9.61. The van der Waals surface area contributed by atoms with Gasteiger partial charge in [-0.25, -0.2) is 0 Å². The fourth-order valence-corrected chi connectivity index (χ4v) is 5.89. The molecule has 2 aromatic heterocycles. The highest BCUT2D eigenvalue weighted by Gasteiger charge is 2.48.